The molecule has 0 saturated heterocycles. The van der Waals surface area contributed by atoms with Crippen LogP contribution in [0.5, 0.6) is 0 Å². The Kier molecular flexibility index (Phi) is 3.73. The molecule has 6 heteroatoms. The highest BCUT2D eigenvalue weighted by atomic mass is 32.2. The molecule has 3 N–H and O–H groups in total. The van der Waals surface area contributed by atoms with Crippen molar-refractivity contribution in [1.82, 2.24) is 14.9 Å². The summed E-state index contributed by atoms with van der Waals surface area (Å²) in [6, 6.07) is 0. The second-order valence-electron chi connectivity index (χ2n) is 4.36. The number of rotatable bonds is 6. The fraction of sp³-hybridized carbons (Fsp3) is 0.636. The van der Waals surface area contributed by atoms with E-state index in [1.165, 1.54) is 12.8 Å². The summed E-state index contributed by atoms with van der Waals surface area (Å²) in [5, 5.41) is 2.94. The van der Waals surface area contributed by atoms with Crippen LogP contribution in [-0.2, 0) is 6.54 Å². The van der Waals surface area contributed by atoms with Gasteiger partial charge < -0.3 is 15.6 Å². The first-order valence-corrected chi connectivity index (χ1v) is 6.97. The van der Waals surface area contributed by atoms with Gasteiger partial charge in [0.1, 0.15) is 5.69 Å². The topological polar surface area (TPSA) is 72.9 Å². The number of nitrogens with zero attached hydrogens (tertiary/aromatic N) is 2. The van der Waals surface area contributed by atoms with E-state index in [-0.39, 0.29) is 10.7 Å². The molecule has 1 saturated carbocycles. The maximum atomic E-state index is 11.8. The number of hydrogen-bond acceptors (Lipinski definition) is 4. The summed E-state index contributed by atoms with van der Waals surface area (Å²) in [4.78, 5) is 15.9. The highest BCUT2D eigenvalue weighted by molar-refractivity contribution is 8.00. The summed E-state index contributed by atoms with van der Waals surface area (Å²) in [6.07, 6.45) is 7.85. The second kappa shape index (κ2) is 5.10. The van der Waals surface area contributed by atoms with E-state index in [1.807, 2.05) is 16.3 Å². The van der Waals surface area contributed by atoms with Crippen molar-refractivity contribution in [3.63, 3.8) is 0 Å². The van der Waals surface area contributed by atoms with Gasteiger partial charge in [-0.05, 0) is 19.1 Å². The Morgan fingerprint density at radius 2 is 2.47 bits per heavy atom. The highest BCUT2D eigenvalue weighted by Gasteiger charge is 2.42. The zero-order valence-electron chi connectivity index (χ0n) is 9.98. The van der Waals surface area contributed by atoms with Gasteiger partial charge in [0.05, 0.1) is 6.33 Å². The van der Waals surface area contributed by atoms with Gasteiger partial charge in [0.15, 0.2) is 0 Å². The maximum absolute atomic E-state index is 11.8. The fourth-order valence-corrected chi connectivity index (χ4v) is 2.40. The van der Waals surface area contributed by atoms with Gasteiger partial charge in [0, 0.05) is 30.6 Å². The van der Waals surface area contributed by atoms with Crippen LogP contribution in [0.2, 0.25) is 0 Å². The maximum Gasteiger partial charge on any atom is 0.271 e. The van der Waals surface area contributed by atoms with E-state index in [0.717, 1.165) is 6.54 Å². The molecule has 0 radical (unpaired) electrons. The van der Waals surface area contributed by atoms with E-state index in [0.29, 0.717) is 18.8 Å². The molecule has 94 valence electrons. The van der Waals surface area contributed by atoms with Crippen molar-refractivity contribution >= 4 is 17.7 Å². The predicted octanol–water partition coefficient (Wildman–Crippen LogP) is 0.467. The van der Waals surface area contributed by atoms with E-state index in [2.05, 4.69) is 16.6 Å². The third kappa shape index (κ3) is 3.01. The SMILES string of the molecule is CSC1(CNC(=O)c2cn(CCN)cn2)CC1. The van der Waals surface area contributed by atoms with Crippen LogP contribution in [0.15, 0.2) is 12.5 Å². The lowest BCUT2D eigenvalue weighted by Gasteiger charge is -2.11. The molecule has 2 rings (SSSR count). The van der Waals surface area contributed by atoms with Crippen LogP contribution < -0.4 is 11.1 Å². The zero-order chi connectivity index (χ0) is 12.3. The largest absolute Gasteiger partial charge is 0.349 e. The van der Waals surface area contributed by atoms with Crippen molar-refractivity contribution in [2.45, 2.75) is 24.1 Å². The normalized spacial score (nSPS) is 16.8. The van der Waals surface area contributed by atoms with E-state index < -0.39 is 0 Å². The number of aromatic nitrogens is 2. The molecular formula is C11H18N4OS. The Bertz CT molecular complexity index is 400. The Labute approximate surface area is 105 Å². The van der Waals surface area contributed by atoms with Crippen LogP contribution in [0.1, 0.15) is 23.3 Å². The van der Waals surface area contributed by atoms with Gasteiger partial charge in [0.2, 0.25) is 0 Å². The smallest absolute Gasteiger partial charge is 0.271 e. The predicted molar refractivity (Wildman–Crippen MR) is 69.1 cm³/mol. The Hall–Kier alpha value is -1.01. The number of nitrogens with one attached hydrogen (secondary N) is 1. The first-order valence-electron chi connectivity index (χ1n) is 5.74. The number of carbonyl (C=O) groups is 1. The van der Waals surface area contributed by atoms with Gasteiger partial charge >= 0.3 is 0 Å². The Balaban J connectivity index is 1.86. The Morgan fingerprint density at radius 1 is 1.71 bits per heavy atom. The van der Waals surface area contributed by atoms with Gasteiger partial charge in [0.25, 0.3) is 5.91 Å². The van der Waals surface area contributed by atoms with Gasteiger partial charge in [-0.2, -0.15) is 11.8 Å². The average molecular weight is 254 g/mol. The lowest BCUT2D eigenvalue weighted by molar-refractivity contribution is 0.0948. The minimum absolute atomic E-state index is 0.0962. The number of nitrogens with two attached hydrogens (primary N) is 1. The molecule has 17 heavy (non-hydrogen) atoms. The minimum atomic E-state index is -0.0962. The van der Waals surface area contributed by atoms with Crippen molar-refractivity contribution in [1.29, 1.82) is 0 Å². The lowest BCUT2D eigenvalue weighted by Crippen LogP contribution is -2.31. The molecule has 1 aromatic heterocycles. The standard InChI is InChI=1S/C11H18N4OS/c1-17-11(2-3-11)7-13-10(16)9-6-15(5-4-12)8-14-9/h6,8H,2-5,7,12H2,1H3,(H,13,16). The van der Waals surface area contributed by atoms with Crippen molar-refractivity contribution < 1.29 is 4.79 Å². The third-order valence-corrected chi connectivity index (χ3v) is 4.48. The lowest BCUT2D eigenvalue weighted by atomic mass is 10.3. The van der Waals surface area contributed by atoms with Crippen LogP contribution in [0.25, 0.3) is 0 Å². The molecule has 1 heterocycles. The fourth-order valence-electron chi connectivity index (χ4n) is 1.67. The van der Waals surface area contributed by atoms with Crippen molar-refractivity contribution in [2.24, 2.45) is 5.73 Å². The number of amides is 1. The molecule has 5 nitrogen and oxygen atoms in total. The van der Waals surface area contributed by atoms with Gasteiger partial charge in [-0.25, -0.2) is 4.98 Å². The molecule has 0 atom stereocenters. The molecule has 0 aliphatic heterocycles. The highest BCUT2D eigenvalue weighted by Crippen LogP contribution is 2.46. The molecule has 1 fully saturated rings. The summed E-state index contributed by atoms with van der Waals surface area (Å²) in [6.45, 7) is 1.97. The second-order valence-corrected chi connectivity index (χ2v) is 5.63. The van der Waals surface area contributed by atoms with Crippen LogP contribution >= 0.6 is 11.8 Å². The summed E-state index contributed by atoms with van der Waals surface area (Å²) in [5.41, 5.74) is 5.90. The van der Waals surface area contributed by atoms with E-state index in [9.17, 15) is 4.79 Å². The summed E-state index contributed by atoms with van der Waals surface area (Å²) >= 11 is 1.83. The van der Waals surface area contributed by atoms with Crippen LogP contribution in [0.4, 0.5) is 0 Å². The third-order valence-electron chi connectivity index (χ3n) is 3.06. The molecule has 1 aliphatic rings. The van der Waals surface area contributed by atoms with Gasteiger partial charge in [-0.3, -0.25) is 4.79 Å². The Morgan fingerprint density at radius 3 is 3.06 bits per heavy atom. The van der Waals surface area contributed by atoms with Crippen molar-refractivity contribution in [3.8, 4) is 0 Å². The van der Waals surface area contributed by atoms with E-state index in [4.69, 9.17) is 5.73 Å². The van der Waals surface area contributed by atoms with Crippen molar-refractivity contribution in [2.75, 3.05) is 19.3 Å². The first-order chi connectivity index (χ1) is 8.19. The quantitative estimate of drug-likeness (QED) is 0.774. The summed E-state index contributed by atoms with van der Waals surface area (Å²) < 4.78 is 2.12. The molecule has 1 aliphatic carbocycles. The van der Waals surface area contributed by atoms with Crippen LogP contribution in [0, 0.1) is 0 Å². The van der Waals surface area contributed by atoms with Gasteiger partial charge in [-0.15, -0.1) is 0 Å². The van der Waals surface area contributed by atoms with Crippen molar-refractivity contribution in [3.05, 3.63) is 18.2 Å². The molecule has 0 unspecified atom stereocenters. The first kappa shape index (κ1) is 12.4. The monoisotopic (exact) mass is 254 g/mol. The molecule has 1 aromatic rings. The molecule has 0 bridgehead atoms. The molecule has 0 spiro atoms. The zero-order valence-corrected chi connectivity index (χ0v) is 10.8. The minimum Gasteiger partial charge on any atom is -0.349 e. The summed E-state index contributed by atoms with van der Waals surface area (Å²) in [5.74, 6) is -0.0962. The molecule has 0 aromatic carbocycles. The van der Waals surface area contributed by atoms with Gasteiger partial charge in [-0.1, -0.05) is 0 Å². The van der Waals surface area contributed by atoms with E-state index in [1.54, 1.807) is 12.5 Å². The number of carbonyl (C=O) groups excluding carboxylic acids is 1. The molecule has 1 amide bonds. The van der Waals surface area contributed by atoms with Crippen LogP contribution in [0.3, 0.4) is 0 Å². The van der Waals surface area contributed by atoms with Crippen LogP contribution in [-0.4, -0.2) is 39.6 Å². The van der Waals surface area contributed by atoms with E-state index >= 15 is 0 Å². The molecular weight excluding hydrogens is 236 g/mol. The number of hydrogen-bond donors (Lipinski definition) is 2. The number of imidazole rings is 1. The number of thioether (sulfide) groups is 1. The summed E-state index contributed by atoms with van der Waals surface area (Å²) in [7, 11) is 0. The average Bonchev–Trinajstić information content (AvgIpc) is 2.98.